The summed E-state index contributed by atoms with van der Waals surface area (Å²) >= 11 is 0. The molecule has 1 unspecified atom stereocenters. The summed E-state index contributed by atoms with van der Waals surface area (Å²) in [4.78, 5) is 11.4. The average molecular weight is 228 g/mol. The molecule has 0 amide bonds. The van der Waals surface area contributed by atoms with Crippen molar-refractivity contribution in [3.63, 3.8) is 0 Å². The Labute approximate surface area is 104 Å². The van der Waals surface area contributed by atoms with Crippen LogP contribution in [0.5, 0.6) is 0 Å². The van der Waals surface area contributed by atoms with E-state index in [0.29, 0.717) is 12.3 Å². The molecular formula is C16H20O. The van der Waals surface area contributed by atoms with Gasteiger partial charge >= 0.3 is 0 Å². The van der Waals surface area contributed by atoms with Crippen LogP contribution in [0, 0.1) is 5.92 Å². The van der Waals surface area contributed by atoms with Crippen molar-refractivity contribution in [1.82, 2.24) is 0 Å². The first-order chi connectivity index (χ1) is 8.15. The molecule has 0 spiro atoms. The Bertz CT molecular complexity index is 405. The summed E-state index contributed by atoms with van der Waals surface area (Å²) in [6.07, 6.45) is 15.8. The lowest BCUT2D eigenvalue weighted by atomic mass is 9.96. The smallest absolute Gasteiger partial charge is 0.156 e. The van der Waals surface area contributed by atoms with Gasteiger partial charge in [0.05, 0.1) is 0 Å². The summed E-state index contributed by atoms with van der Waals surface area (Å²) in [5, 5.41) is 0. The van der Waals surface area contributed by atoms with Crippen LogP contribution in [0.4, 0.5) is 0 Å². The van der Waals surface area contributed by atoms with E-state index in [1.807, 2.05) is 0 Å². The second-order valence-electron chi connectivity index (χ2n) is 4.32. The van der Waals surface area contributed by atoms with Gasteiger partial charge in [-0.05, 0) is 36.8 Å². The minimum Gasteiger partial charge on any atom is -0.295 e. The van der Waals surface area contributed by atoms with Gasteiger partial charge in [-0.3, -0.25) is 4.79 Å². The van der Waals surface area contributed by atoms with Gasteiger partial charge in [0.15, 0.2) is 5.78 Å². The third-order valence-electron chi connectivity index (χ3n) is 2.92. The number of carbonyl (C=O) groups excluding carboxylic acids is 1. The third kappa shape index (κ3) is 4.39. The number of Topliss-reactive ketones (excluding diaryl/α,β-unsaturated/α-hetero) is 1. The van der Waals surface area contributed by atoms with Gasteiger partial charge in [0.2, 0.25) is 0 Å². The van der Waals surface area contributed by atoms with Gasteiger partial charge in [-0.1, -0.05) is 56.0 Å². The molecule has 0 radical (unpaired) electrons. The zero-order valence-corrected chi connectivity index (χ0v) is 10.6. The maximum Gasteiger partial charge on any atom is 0.156 e. The highest BCUT2D eigenvalue weighted by Crippen LogP contribution is 2.21. The van der Waals surface area contributed by atoms with E-state index in [1.54, 1.807) is 19.1 Å². The SMILES string of the molecule is C=C/C=C(\C/C=C1/C=CC=CCC1C)C(C)=O. The van der Waals surface area contributed by atoms with Gasteiger partial charge < -0.3 is 0 Å². The van der Waals surface area contributed by atoms with E-state index in [2.05, 4.69) is 43.9 Å². The van der Waals surface area contributed by atoms with Crippen LogP contribution in [0.25, 0.3) is 0 Å². The van der Waals surface area contributed by atoms with Crippen molar-refractivity contribution in [3.8, 4) is 0 Å². The van der Waals surface area contributed by atoms with Crippen LogP contribution >= 0.6 is 0 Å². The second kappa shape index (κ2) is 6.85. The summed E-state index contributed by atoms with van der Waals surface area (Å²) in [6.45, 7) is 7.44. The molecule has 0 fully saturated rings. The van der Waals surface area contributed by atoms with E-state index >= 15 is 0 Å². The highest BCUT2D eigenvalue weighted by atomic mass is 16.1. The summed E-state index contributed by atoms with van der Waals surface area (Å²) in [7, 11) is 0. The topological polar surface area (TPSA) is 17.1 Å². The van der Waals surface area contributed by atoms with Crippen LogP contribution in [0.2, 0.25) is 0 Å². The van der Waals surface area contributed by atoms with Crippen LogP contribution < -0.4 is 0 Å². The zero-order valence-electron chi connectivity index (χ0n) is 10.6. The second-order valence-corrected chi connectivity index (χ2v) is 4.32. The molecular weight excluding hydrogens is 208 g/mol. The minimum absolute atomic E-state index is 0.116. The van der Waals surface area contributed by atoms with Crippen molar-refractivity contribution in [2.75, 3.05) is 0 Å². The molecule has 1 rings (SSSR count). The Hall–Kier alpha value is -1.63. The number of carbonyl (C=O) groups is 1. The molecule has 0 saturated heterocycles. The van der Waals surface area contributed by atoms with E-state index in [4.69, 9.17) is 0 Å². The number of hydrogen-bond donors (Lipinski definition) is 0. The molecule has 0 N–H and O–H groups in total. The van der Waals surface area contributed by atoms with Crippen LogP contribution in [-0.4, -0.2) is 5.78 Å². The molecule has 0 aromatic carbocycles. The maximum absolute atomic E-state index is 11.4. The molecule has 1 atom stereocenters. The van der Waals surface area contributed by atoms with Crippen molar-refractivity contribution < 1.29 is 4.79 Å². The molecule has 90 valence electrons. The fourth-order valence-corrected chi connectivity index (χ4v) is 1.80. The molecule has 1 aliphatic carbocycles. The normalized spacial score (nSPS) is 22.6. The molecule has 0 bridgehead atoms. The fraction of sp³-hybridized carbons (Fsp3) is 0.312. The van der Waals surface area contributed by atoms with E-state index in [1.165, 1.54) is 5.57 Å². The molecule has 0 heterocycles. The Kier molecular flexibility index (Phi) is 5.41. The highest BCUT2D eigenvalue weighted by molar-refractivity contribution is 5.93. The van der Waals surface area contributed by atoms with Crippen LogP contribution in [0.1, 0.15) is 26.7 Å². The first-order valence-corrected chi connectivity index (χ1v) is 6.01. The monoisotopic (exact) mass is 228 g/mol. The largest absolute Gasteiger partial charge is 0.295 e. The maximum atomic E-state index is 11.4. The lowest BCUT2D eigenvalue weighted by molar-refractivity contribution is -0.113. The summed E-state index contributed by atoms with van der Waals surface area (Å²) in [5.74, 6) is 0.632. The molecule has 17 heavy (non-hydrogen) atoms. The number of rotatable bonds is 4. The van der Waals surface area contributed by atoms with Crippen LogP contribution in [0.3, 0.4) is 0 Å². The number of hydrogen-bond acceptors (Lipinski definition) is 1. The summed E-state index contributed by atoms with van der Waals surface area (Å²) < 4.78 is 0. The Morgan fingerprint density at radius 2 is 2.29 bits per heavy atom. The van der Waals surface area contributed by atoms with E-state index < -0.39 is 0 Å². The summed E-state index contributed by atoms with van der Waals surface area (Å²) in [5.41, 5.74) is 2.11. The lowest BCUT2D eigenvalue weighted by Gasteiger charge is -2.09. The Balaban J connectivity index is 2.78. The van der Waals surface area contributed by atoms with Gasteiger partial charge in [-0.2, -0.15) is 0 Å². The highest BCUT2D eigenvalue weighted by Gasteiger charge is 2.07. The molecule has 1 nitrogen and oxygen atoms in total. The van der Waals surface area contributed by atoms with E-state index in [0.717, 1.165) is 12.0 Å². The van der Waals surface area contributed by atoms with Crippen LogP contribution in [-0.2, 0) is 4.79 Å². The van der Waals surface area contributed by atoms with Crippen LogP contribution in [0.15, 0.2) is 60.3 Å². The predicted octanol–water partition coefficient (Wildman–Crippen LogP) is 4.16. The molecule has 0 aliphatic heterocycles. The first-order valence-electron chi connectivity index (χ1n) is 6.01. The van der Waals surface area contributed by atoms with E-state index in [9.17, 15) is 4.79 Å². The number of ketones is 1. The molecule has 1 aliphatic rings. The molecule has 1 heteroatoms. The average Bonchev–Trinajstić information content (AvgIpc) is 2.49. The van der Waals surface area contributed by atoms with Gasteiger partial charge in [0, 0.05) is 0 Å². The van der Waals surface area contributed by atoms with Crippen molar-refractivity contribution in [1.29, 1.82) is 0 Å². The summed E-state index contributed by atoms with van der Waals surface area (Å²) in [6, 6.07) is 0. The van der Waals surface area contributed by atoms with Crippen molar-refractivity contribution in [2.24, 2.45) is 5.92 Å². The van der Waals surface area contributed by atoms with Gasteiger partial charge in [0.25, 0.3) is 0 Å². The first kappa shape index (κ1) is 13.4. The van der Waals surface area contributed by atoms with Gasteiger partial charge in [-0.25, -0.2) is 0 Å². The standard InChI is InChI=1S/C16H20O/c1-4-8-16(14(3)17)12-11-15-10-7-5-6-9-13(15)2/h4-8,10-11,13H,1,9,12H2,2-3H3/b15-11-,16-8+. The molecule has 0 aromatic heterocycles. The van der Waals surface area contributed by atoms with Crippen molar-refractivity contribution in [2.45, 2.75) is 26.7 Å². The molecule has 0 saturated carbocycles. The van der Waals surface area contributed by atoms with Crippen molar-refractivity contribution in [3.05, 3.63) is 60.3 Å². The van der Waals surface area contributed by atoms with Crippen molar-refractivity contribution >= 4 is 5.78 Å². The van der Waals surface area contributed by atoms with Gasteiger partial charge in [-0.15, -0.1) is 0 Å². The minimum atomic E-state index is 0.116. The lowest BCUT2D eigenvalue weighted by Crippen LogP contribution is -1.98. The zero-order chi connectivity index (χ0) is 12.7. The fourth-order valence-electron chi connectivity index (χ4n) is 1.80. The number of allylic oxidation sites excluding steroid dienone is 9. The quantitative estimate of drug-likeness (QED) is 0.521. The van der Waals surface area contributed by atoms with Gasteiger partial charge in [0.1, 0.15) is 0 Å². The van der Waals surface area contributed by atoms with E-state index in [-0.39, 0.29) is 5.78 Å². The third-order valence-corrected chi connectivity index (χ3v) is 2.92. The Morgan fingerprint density at radius 3 is 2.94 bits per heavy atom. The Morgan fingerprint density at radius 1 is 1.53 bits per heavy atom. The molecule has 0 aromatic rings. The predicted molar refractivity (Wildman–Crippen MR) is 73.7 cm³/mol.